The van der Waals surface area contributed by atoms with E-state index in [0.717, 1.165) is 5.92 Å². The number of hydrogen-bond donors (Lipinski definition) is 1. The molecule has 0 aromatic carbocycles. The lowest BCUT2D eigenvalue weighted by Gasteiger charge is -2.43. The van der Waals surface area contributed by atoms with Gasteiger partial charge in [-0.25, -0.2) is 0 Å². The maximum Gasteiger partial charge on any atom is 0.00473 e. The molecule has 0 bridgehead atoms. The van der Waals surface area contributed by atoms with Crippen LogP contribution in [0.25, 0.3) is 0 Å². The summed E-state index contributed by atoms with van der Waals surface area (Å²) in [6, 6.07) is 0. The van der Waals surface area contributed by atoms with Crippen LogP contribution in [0.15, 0.2) is 0 Å². The van der Waals surface area contributed by atoms with Crippen molar-refractivity contribution in [3.8, 4) is 0 Å². The largest absolute Gasteiger partial charge is 0.319 e. The minimum Gasteiger partial charge on any atom is -0.319 e. The van der Waals surface area contributed by atoms with E-state index in [1.165, 1.54) is 45.3 Å². The monoisotopic (exact) mass is 254 g/mol. The van der Waals surface area contributed by atoms with Gasteiger partial charge >= 0.3 is 0 Å². The van der Waals surface area contributed by atoms with Crippen LogP contribution in [-0.2, 0) is 0 Å². The van der Waals surface area contributed by atoms with Gasteiger partial charge in [-0.3, -0.25) is 0 Å². The van der Waals surface area contributed by atoms with Crippen molar-refractivity contribution in [2.24, 2.45) is 16.7 Å². The van der Waals surface area contributed by atoms with Gasteiger partial charge in [0.25, 0.3) is 0 Å². The van der Waals surface area contributed by atoms with Crippen LogP contribution in [0.3, 0.4) is 0 Å². The third-order valence-electron chi connectivity index (χ3n) is 4.24. The second kappa shape index (κ2) is 6.38. The van der Waals surface area contributed by atoms with Crippen LogP contribution in [0, 0.1) is 16.7 Å². The summed E-state index contributed by atoms with van der Waals surface area (Å²) in [5.74, 6) is 0.933. The zero-order valence-electron chi connectivity index (χ0n) is 13.5. The van der Waals surface area contributed by atoms with Crippen LogP contribution in [0.2, 0.25) is 0 Å². The van der Waals surface area contributed by atoms with Crippen molar-refractivity contribution in [3.63, 3.8) is 0 Å². The van der Waals surface area contributed by atoms with Crippen molar-refractivity contribution in [1.29, 1.82) is 0 Å². The standard InChI is InChI=1S/C16H34N2/c1-14-7-9-16(10-8-14,11-17-5)13-18(6)12-15(2,3)4/h14,17H,7-13H2,1-6H3. The van der Waals surface area contributed by atoms with Crippen LogP contribution in [0.5, 0.6) is 0 Å². The minimum absolute atomic E-state index is 0.400. The fraction of sp³-hybridized carbons (Fsp3) is 1.00. The summed E-state index contributed by atoms with van der Waals surface area (Å²) in [7, 11) is 4.39. The predicted molar refractivity (Wildman–Crippen MR) is 80.9 cm³/mol. The average molecular weight is 254 g/mol. The predicted octanol–water partition coefficient (Wildman–Crippen LogP) is 3.38. The van der Waals surface area contributed by atoms with Crippen molar-refractivity contribution in [1.82, 2.24) is 10.2 Å². The highest BCUT2D eigenvalue weighted by molar-refractivity contribution is 4.89. The number of nitrogens with zero attached hydrogens (tertiary/aromatic N) is 1. The molecule has 0 aromatic rings. The summed E-state index contributed by atoms with van der Waals surface area (Å²) in [6.07, 6.45) is 5.60. The Labute approximate surface area is 115 Å². The van der Waals surface area contributed by atoms with E-state index in [2.05, 4.69) is 52.0 Å². The fourth-order valence-electron chi connectivity index (χ4n) is 3.58. The molecule has 0 unspecified atom stereocenters. The van der Waals surface area contributed by atoms with E-state index in [-0.39, 0.29) is 0 Å². The first-order chi connectivity index (χ1) is 8.26. The molecular weight excluding hydrogens is 220 g/mol. The van der Waals surface area contributed by atoms with Gasteiger partial charge in [0.05, 0.1) is 0 Å². The zero-order chi connectivity index (χ0) is 13.8. The Morgan fingerprint density at radius 1 is 1.22 bits per heavy atom. The quantitative estimate of drug-likeness (QED) is 0.809. The molecule has 18 heavy (non-hydrogen) atoms. The van der Waals surface area contributed by atoms with Gasteiger partial charge in [0.1, 0.15) is 0 Å². The second-order valence-electron chi connectivity index (χ2n) is 7.95. The van der Waals surface area contributed by atoms with Crippen molar-refractivity contribution < 1.29 is 0 Å². The first-order valence-electron chi connectivity index (χ1n) is 7.59. The van der Waals surface area contributed by atoms with E-state index in [1.807, 2.05) is 0 Å². The molecule has 2 heteroatoms. The Kier molecular flexibility index (Phi) is 5.67. The SMILES string of the molecule is CNCC1(CN(C)CC(C)(C)C)CCC(C)CC1. The summed E-state index contributed by atoms with van der Waals surface area (Å²) >= 11 is 0. The minimum atomic E-state index is 0.400. The Balaban J connectivity index is 2.57. The molecule has 0 atom stereocenters. The molecule has 1 saturated carbocycles. The Hall–Kier alpha value is -0.0800. The van der Waals surface area contributed by atoms with Gasteiger partial charge < -0.3 is 10.2 Å². The topological polar surface area (TPSA) is 15.3 Å². The van der Waals surface area contributed by atoms with Crippen molar-refractivity contribution in [2.75, 3.05) is 33.7 Å². The molecule has 1 fully saturated rings. The van der Waals surface area contributed by atoms with Gasteiger partial charge in [-0.05, 0) is 43.7 Å². The summed E-state index contributed by atoms with van der Waals surface area (Å²) in [5, 5.41) is 3.43. The molecule has 2 nitrogen and oxygen atoms in total. The zero-order valence-corrected chi connectivity index (χ0v) is 13.5. The summed E-state index contributed by atoms with van der Waals surface area (Å²) in [4.78, 5) is 2.55. The van der Waals surface area contributed by atoms with Crippen molar-refractivity contribution in [3.05, 3.63) is 0 Å². The lowest BCUT2D eigenvalue weighted by molar-refractivity contribution is 0.0848. The van der Waals surface area contributed by atoms with Crippen LogP contribution < -0.4 is 5.32 Å². The molecule has 0 aliphatic heterocycles. The maximum atomic E-state index is 3.43. The first-order valence-corrected chi connectivity index (χ1v) is 7.59. The van der Waals surface area contributed by atoms with Crippen LogP contribution in [-0.4, -0.2) is 38.6 Å². The van der Waals surface area contributed by atoms with Crippen molar-refractivity contribution in [2.45, 2.75) is 53.4 Å². The molecule has 1 rings (SSSR count). The van der Waals surface area contributed by atoms with Gasteiger partial charge in [-0.15, -0.1) is 0 Å². The van der Waals surface area contributed by atoms with E-state index < -0.39 is 0 Å². The molecule has 0 amide bonds. The van der Waals surface area contributed by atoms with Gasteiger partial charge in [0, 0.05) is 19.6 Å². The lowest BCUT2D eigenvalue weighted by Crippen LogP contribution is -2.46. The second-order valence-corrected chi connectivity index (χ2v) is 7.95. The smallest absolute Gasteiger partial charge is 0.00473 e. The Morgan fingerprint density at radius 3 is 2.22 bits per heavy atom. The third kappa shape index (κ3) is 5.27. The molecule has 108 valence electrons. The normalized spacial score (nSPS) is 29.8. The van der Waals surface area contributed by atoms with Crippen LogP contribution in [0.1, 0.15) is 53.4 Å². The summed E-state index contributed by atoms with van der Waals surface area (Å²) in [6.45, 7) is 13.0. The molecule has 0 spiro atoms. The fourth-order valence-corrected chi connectivity index (χ4v) is 3.58. The van der Waals surface area contributed by atoms with Crippen LogP contribution in [0.4, 0.5) is 0 Å². The number of hydrogen-bond acceptors (Lipinski definition) is 2. The highest BCUT2D eigenvalue weighted by atomic mass is 15.1. The molecule has 0 radical (unpaired) electrons. The Bertz CT molecular complexity index is 234. The molecule has 1 aliphatic carbocycles. The summed E-state index contributed by atoms with van der Waals surface area (Å²) in [5.41, 5.74) is 0.915. The Morgan fingerprint density at radius 2 is 1.78 bits per heavy atom. The van der Waals surface area contributed by atoms with Crippen LogP contribution >= 0.6 is 0 Å². The lowest BCUT2D eigenvalue weighted by atomic mass is 9.70. The van der Waals surface area contributed by atoms with E-state index in [9.17, 15) is 0 Å². The molecular formula is C16H34N2. The van der Waals surface area contributed by atoms with Gasteiger partial charge in [-0.2, -0.15) is 0 Å². The molecule has 0 aromatic heterocycles. The highest BCUT2D eigenvalue weighted by Gasteiger charge is 2.35. The molecule has 1 aliphatic rings. The number of nitrogens with one attached hydrogen (secondary N) is 1. The van der Waals surface area contributed by atoms with Crippen molar-refractivity contribution >= 4 is 0 Å². The molecule has 0 heterocycles. The molecule has 0 saturated heterocycles. The maximum absolute atomic E-state index is 3.43. The third-order valence-corrected chi connectivity index (χ3v) is 4.24. The van der Waals surface area contributed by atoms with Gasteiger partial charge in [0.15, 0.2) is 0 Å². The van der Waals surface area contributed by atoms with E-state index in [1.54, 1.807) is 0 Å². The van der Waals surface area contributed by atoms with Gasteiger partial charge in [-0.1, -0.05) is 40.5 Å². The number of rotatable bonds is 5. The first kappa shape index (κ1) is 16.0. The highest BCUT2D eigenvalue weighted by Crippen LogP contribution is 2.39. The summed E-state index contributed by atoms with van der Waals surface area (Å²) < 4.78 is 0. The average Bonchev–Trinajstić information content (AvgIpc) is 2.20. The van der Waals surface area contributed by atoms with E-state index >= 15 is 0 Å². The van der Waals surface area contributed by atoms with Gasteiger partial charge in [0.2, 0.25) is 0 Å². The molecule has 1 N–H and O–H groups in total. The van der Waals surface area contributed by atoms with E-state index in [4.69, 9.17) is 0 Å². The van der Waals surface area contributed by atoms with E-state index in [0.29, 0.717) is 10.8 Å².